The van der Waals surface area contributed by atoms with Crippen LogP contribution in [0.25, 0.3) is 0 Å². The molecule has 1 amide bonds. The SMILES string of the molecule is NC/C(=C\F)COc1ccc(S(=O)(=O)CC2CCN(C(=O)C3CCC3)CC2)cc1. The summed E-state index contributed by atoms with van der Waals surface area (Å²) in [6.45, 7) is 1.38. The lowest BCUT2D eigenvalue weighted by atomic mass is 9.83. The van der Waals surface area contributed by atoms with Crippen molar-refractivity contribution >= 4 is 15.7 Å². The number of hydrogen-bond acceptors (Lipinski definition) is 5. The zero-order chi connectivity index (χ0) is 20.9. The van der Waals surface area contributed by atoms with Crippen LogP contribution in [-0.2, 0) is 14.6 Å². The largest absolute Gasteiger partial charge is 0.489 e. The number of nitrogens with zero attached hydrogens (tertiary/aromatic N) is 1. The molecule has 2 N–H and O–H groups in total. The van der Waals surface area contributed by atoms with Gasteiger partial charge in [-0.1, -0.05) is 6.42 Å². The molecule has 0 bridgehead atoms. The van der Waals surface area contributed by atoms with Crippen LogP contribution in [0.1, 0.15) is 32.1 Å². The fourth-order valence-corrected chi connectivity index (χ4v) is 5.39. The predicted molar refractivity (Wildman–Crippen MR) is 109 cm³/mol. The second-order valence-corrected chi connectivity index (χ2v) is 9.94. The summed E-state index contributed by atoms with van der Waals surface area (Å²) < 4.78 is 43.4. The summed E-state index contributed by atoms with van der Waals surface area (Å²) in [5, 5.41) is 0. The molecular weight excluding hydrogens is 395 g/mol. The molecule has 3 rings (SSSR count). The van der Waals surface area contributed by atoms with Gasteiger partial charge in [0.05, 0.1) is 17.0 Å². The van der Waals surface area contributed by atoms with Crippen LogP contribution in [0.2, 0.25) is 0 Å². The van der Waals surface area contributed by atoms with E-state index in [-0.39, 0.29) is 41.5 Å². The number of halogens is 1. The molecule has 1 aromatic rings. The van der Waals surface area contributed by atoms with E-state index in [9.17, 15) is 17.6 Å². The first-order chi connectivity index (χ1) is 13.9. The van der Waals surface area contributed by atoms with E-state index in [0.29, 0.717) is 30.7 Å². The molecule has 0 atom stereocenters. The van der Waals surface area contributed by atoms with Crippen molar-refractivity contribution in [3.8, 4) is 5.75 Å². The maximum atomic E-state index is 12.8. The molecule has 2 fully saturated rings. The van der Waals surface area contributed by atoms with Crippen molar-refractivity contribution in [1.29, 1.82) is 0 Å². The van der Waals surface area contributed by atoms with Gasteiger partial charge in [0.2, 0.25) is 5.91 Å². The maximum Gasteiger partial charge on any atom is 0.225 e. The number of amides is 1. The Morgan fingerprint density at radius 1 is 1.17 bits per heavy atom. The third-order valence-electron chi connectivity index (χ3n) is 5.86. The smallest absolute Gasteiger partial charge is 0.225 e. The molecule has 1 saturated carbocycles. The maximum absolute atomic E-state index is 12.8. The predicted octanol–water partition coefficient (Wildman–Crippen LogP) is 2.69. The fraction of sp³-hybridized carbons (Fsp3) is 0.571. The number of ether oxygens (including phenoxy) is 1. The highest BCUT2D eigenvalue weighted by Crippen LogP contribution is 2.30. The normalized spacial score (nSPS) is 19.1. The molecular formula is C21H29FN2O4S. The average molecular weight is 425 g/mol. The van der Waals surface area contributed by atoms with Gasteiger partial charge in [-0.25, -0.2) is 12.8 Å². The number of sulfone groups is 1. The lowest BCUT2D eigenvalue weighted by Crippen LogP contribution is -2.44. The van der Waals surface area contributed by atoms with Crippen LogP contribution in [0.3, 0.4) is 0 Å². The first-order valence-corrected chi connectivity index (χ1v) is 11.8. The molecule has 6 nitrogen and oxygen atoms in total. The highest BCUT2D eigenvalue weighted by Gasteiger charge is 2.32. The van der Waals surface area contributed by atoms with E-state index in [0.717, 1.165) is 32.1 Å². The Kier molecular flexibility index (Phi) is 7.29. The van der Waals surface area contributed by atoms with Gasteiger partial charge in [-0.15, -0.1) is 0 Å². The van der Waals surface area contributed by atoms with Crippen LogP contribution in [0.4, 0.5) is 4.39 Å². The number of nitrogens with two attached hydrogens (primary N) is 1. The number of rotatable bonds is 8. The van der Waals surface area contributed by atoms with Crippen molar-refractivity contribution in [2.45, 2.75) is 37.0 Å². The van der Waals surface area contributed by atoms with Crippen molar-refractivity contribution in [3.63, 3.8) is 0 Å². The monoisotopic (exact) mass is 424 g/mol. The molecule has 8 heteroatoms. The minimum atomic E-state index is -3.42. The molecule has 0 unspecified atom stereocenters. The second kappa shape index (κ2) is 9.71. The van der Waals surface area contributed by atoms with Crippen LogP contribution in [-0.4, -0.2) is 51.2 Å². The zero-order valence-electron chi connectivity index (χ0n) is 16.6. The second-order valence-electron chi connectivity index (χ2n) is 7.91. The summed E-state index contributed by atoms with van der Waals surface area (Å²) in [5.41, 5.74) is 5.70. The van der Waals surface area contributed by atoms with Crippen molar-refractivity contribution in [2.75, 3.05) is 32.0 Å². The number of hydrogen-bond donors (Lipinski definition) is 1. The topological polar surface area (TPSA) is 89.7 Å². The van der Waals surface area contributed by atoms with Crippen LogP contribution < -0.4 is 10.5 Å². The van der Waals surface area contributed by atoms with E-state index in [1.165, 1.54) is 12.1 Å². The van der Waals surface area contributed by atoms with Gasteiger partial charge in [0, 0.05) is 31.1 Å². The number of likely N-dealkylation sites (tertiary alicyclic amines) is 1. The lowest BCUT2D eigenvalue weighted by Gasteiger charge is -2.36. The third kappa shape index (κ3) is 5.57. The van der Waals surface area contributed by atoms with E-state index in [1.807, 2.05) is 4.90 Å². The molecule has 1 aromatic carbocycles. The van der Waals surface area contributed by atoms with E-state index >= 15 is 0 Å². The summed E-state index contributed by atoms with van der Waals surface area (Å²) in [7, 11) is -3.42. The van der Waals surface area contributed by atoms with E-state index in [4.69, 9.17) is 10.5 Å². The first-order valence-electron chi connectivity index (χ1n) is 10.2. The van der Waals surface area contributed by atoms with Crippen molar-refractivity contribution in [1.82, 2.24) is 4.90 Å². The zero-order valence-corrected chi connectivity index (χ0v) is 17.4. The van der Waals surface area contributed by atoms with Crippen molar-refractivity contribution in [3.05, 3.63) is 36.2 Å². The summed E-state index contributed by atoms with van der Waals surface area (Å²) in [6, 6.07) is 6.17. The highest BCUT2D eigenvalue weighted by molar-refractivity contribution is 7.91. The number of carbonyl (C=O) groups excluding carboxylic acids is 1. The van der Waals surface area contributed by atoms with Gasteiger partial charge in [-0.05, 0) is 55.9 Å². The van der Waals surface area contributed by atoms with Crippen LogP contribution in [0, 0.1) is 11.8 Å². The van der Waals surface area contributed by atoms with Gasteiger partial charge < -0.3 is 15.4 Å². The van der Waals surface area contributed by atoms with Gasteiger partial charge in [0.25, 0.3) is 0 Å². The molecule has 0 spiro atoms. The summed E-state index contributed by atoms with van der Waals surface area (Å²) in [5.74, 6) is 1.04. The van der Waals surface area contributed by atoms with Gasteiger partial charge >= 0.3 is 0 Å². The minimum absolute atomic E-state index is 0.0250. The summed E-state index contributed by atoms with van der Waals surface area (Å²) in [4.78, 5) is 14.5. The summed E-state index contributed by atoms with van der Waals surface area (Å²) >= 11 is 0. The fourth-order valence-electron chi connectivity index (χ4n) is 3.69. The van der Waals surface area contributed by atoms with E-state index < -0.39 is 9.84 Å². The van der Waals surface area contributed by atoms with E-state index in [2.05, 4.69) is 0 Å². The minimum Gasteiger partial charge on any atom is -0.489 e. The Bertz CT molecular complexity index is 827. The van der Waals surface area contributed by atoms with Crippen LogP contribution in [0.5, 0.6) is 5.75 Å². The Morgan fingerprint density at radius 2 is 1.83 bits per heavy atom. The molecule has 1 aliphatic heterocycles. The molecule has 1 saturated heterocycles. The first kappa shape index (κ1) is 21.8. The Labute approximate surface area is 171 Å². The molecule has 0 radical (unpaired) electrons. The van der Waals surface area contributed by atoms with Gasteiger partial charge in [-0.3, -0.25) is 4.79 Å². The standard InChI is InChI=1S/C21H29FN2O4S/c22-12-17(13-23)14-28-19-4-6-20(7-5-19)29(26,27)15-16-8-10-24(11-9-16)21(25)18-2-1-3-18/h4-7,12,16,18H,1-3,8-11,13-15,23H2/b17-12+. The molecule has 2 aliphatic rings. The van der Waals surface area contributed by atoms with Crippen LogP contribution >= 0.6 is 0 Å². The van der Waals surface area contributed by atoms with Gasteiger partial charge in [0.1, 0.15) is 12.4 Å². The van der Waals surface area contributed by atoms with Crippen molar-refractivity contribution < 1.29 is 22.3 Å². The number of benzene rings is 1. The highest BCUT2D eigenvalue weighted by atomic mass is 32.2. The van der Waals surface area contributed by atoms with E-state index in [1.54, 1.807) is 12.1 Å². The molecule has 1 aliphatic carbocycles. The third-order valence-corrected chi connectivity index (χ3v) is 7.76. The summed E-state index contributed by atoms with van der Waals surface area (Å²) in [6.07, 6.45) is 4.97. The number of piperidine rings is 1. The number of carbonyl (C=O) groups is 1. The van der Waals surface area contributed by atoms with Crippen LogP contribution in [0.15, 0.2) is 41.1 Å². The van der Waals surface area contributed by atoms with Crippen molar-refractivity contribution in [2.24, 2.45) is 17.6 Å². The Hall–Kier alpha value is -1.93. The molecule has 29 heavy (non-hydrogen) atoms. The lowest BCUT2D eigenvalue weighted by molar-refractivity contribution is -0.139. The molecule has 160 valence electrons. The molecule has 1 heterocycles. The average Bonchev–Trinajstić information content (AvgIpc) is 2.68. The van der Waals surface area contributed by atoms with Gasteiger partial charge in [0.15, 0.2) is 9.84 Å². The van der Waals surface area contributed by atoms with Gasteiger partial charge in [-0.2, -0.15) is 0 Å². The molecule has 0 aromatic heterocycles. The Balaban J connectivity index is 1.51. The quantitative estimate of drug-likeness (QED) is 0.693. The Morgan fingerprint density at radius 3 is 2.34 bits per heavy atom.